The molecule has 1 N–H and O–H groups in total. The molecule has 0 radical (unpaired) electrons. The lowest BCUT2D eigenvalue weighted by Crippen LogP contribution is -2.27. The van der Waals surface area contributed by atoms with Crippen molar-refractivity contribution in [2.45, 2.75) is 90.9 Å². The number of H-pyrrole nitrogens is 1. The van der Waals surface area contributed by atoms with Crippen LogP contribution in [-0.2, 0) is 35.1 Å². The van der Waals surface area contributed by atoms with Crippen LogP contribution in [-0.4, -0.2) is 48.7 Å². The van der Waals surface area contributed by atoms with Crippen molar-refractivity contribution in [3.63, 3.8) is 0 Å². The first-order chi connectivity index (χ1) is 34.2. The van der Waals surface area contributed by atoms with Crippen LogP contribution in [0.25, 0.3) is 16.7 Å². The molecule has 3 atom stereocenters. The zero-order valence-corrected chi connectivity index (χ0v) is 39.9. The molecular weight excluding hydrogens is 891 g/mol. The van der Waals surface area contributed by atoms with Crippen molar-refractivity contribution in [2.75, 3.05) is 19.8 Å². The molecule has 9 rings (SSSR count). The van der Waals surface area contributed by atoms with Gasteiger partial charge in [-0.25, -0.2) is 0 Å². The third-order valence-electron chi connectivity index (χ3n) is 12.4. The van der Waals surface area contributed by atoms with Gasteiger partial charge in [0.25, 0.3) is 0 Å². The summed E-state index contributed by atoms with van der Waals surface area (Å²) in [5.74, 6) is 3.94. The number of rotatable bonds is 20. The number of hydrogen-bond acceptors (Lipinski definition) is 12. The average molecular weight is 950 g/mol. The number of carbonyl (C=O) groups excluding carboxylic acids is 4. The number of ether oxygens (including phenoxy) is 8. The number of aromatic amines is 1. The van der Waals surface area contributed by atoms with Gasteiger partial charge >= 0.3 is 23.9 Å². The molecule has 3 heterocycles. The molecule has 13 nitrogen and oxygen atoms in total. The standard InChI is InChI=1S/C35H30O6.C22H29NO6/c36-31-23-22-24(35(37)41-31)12-10-20-29-28-19-11-21-30(38-25-13-4-1-5-14-25)32(28)34(40-27-17-8-3-9-18-27)33(29)39-26-15-6-2-7-16-26;1-4-26-17-12-11-15-19(21(17)28-6-3)20(27-5-2)16(23-15)9-7-8-14-10-13-18(24)29-22(14)25/h1-9,11,13-19,21,24,29H,10,12,20,22-23H2;11-12,14,23H,4-10,13H2,1-3H3. The Morgan fingerprint density at radius 3 is 1.69 bits per heavy atom. The Hall–Kier alpha value is -7.54. The highest BCUT2D eigenvalue weighted by molar-refractivity contribution is 5.96. The summed E-state index contributed by atoms with van der Waals surface area (Å²) in [7, 11) is 0. The smallest absolute Gasteiger partial charge is 0.316 e. The molecule has 0 spiro atoms. The summed E-state index contributed by atoms with van der Waals surface area (Å²) in [6.07, 6.45) is 5.94. The van der Waals surface area contributed by atoms with Gasteiger partial charge in [-0.05, 0) is 126 Å². The summed E-state index contributed by atoms with van der Waals surface area (Å²) in [4.78, 5) is 50.3. The van der Waals surface area contributed by atoms with E-state index in [0.29, 0.717) is 98.6 Å². The van der Waals surface area contributed by atoms with Crippen molar-refractivity contribution >= 4 is 40.5 Å². The Labute approximate surface area is 408 Å². The van der Waals surface area contributed by atoms with Gasteiger partial charge in [0, 0.05) is 18.8 Å². The summed E-state index contributed by atoms with van der Waals surface area (Å²) in [6.45, 7) is 7.43. The third-order valence-corrected chi connectivity index (χ3v) is 12.4. The number of nitrogens with one attached hydrogen (secondary N) is 1. The molecule has 364 valence electrons. The predicted molar refractivity (Wildman–Crippen MR) is 263 cm³/mol. The maximum atomic E-state index is 12.3. The normalized spacial score (nSPS) is 17.5. The number of aromatic nitrogens is 1. The van der Waals surface area contributed by atoms with Gasteiger partial charge in [0.1, 0.15) is 23.0 Å². The molecule has 1 aliphatic carbocycles. The van der Waals surface area contributed by atoms with Crippen molar-refractivity contribution in [3.8, 4) is 40.2 Å². The number of hydrogen-bond donors (Lipinski definition) is 1. The van der Waals surface area contributed by atoms with E-state index in [2.05, 4.69) is 11.1 Å². The van der Waals surface area contributed by atoms with E-state index in [1.54, 1.807) is 0 Å². The van der Waals surface area contributed by atoms with Crippen molar-refractivity contribution in [3.05, 3.63) is 144 Å². The second-order valence-electron chi connectivity index (χ2n) is 17.1. The largest absolute Gasteiger partial charge is 0.491 e. The number of esters is 4. The van der Waals surface area contributed by atoms with E-state index < -0.39 is 23.9 Å². The molecule has 1 aromatic heterocycles. The summed E-state index contributed by atoms with van der Waals surface area (Å²) in [5.41, 5.74) is 3.78. The first-order valence-corrected chi connectivity index (χ1v) is 24.4. The monoisotopic (exact) mass is 949 g/mol. The van der Waals surface area contributed by atoms with Crippen LogP contribution in [0.1, 0.15) is 101 Å². The van der Waals surface area contributed by atoms with Crippen LogP contribution >= 0.6 is 0 Å². The Morgan fingerprint density at radius 2 is 1.10 bits per heavy atom. The molecule has 3 unspecified atom stereocenters. The number of carbonyl (C=O) groups is 4. The number of benzene rings is 5. The highest BCUT2D eigenvalue weighted by atomic mass is 16.6. The molecule has 0 saturated carbocycles. The Kier molecular flexibility index (Phi) is 16.5. The lowest BCUT2D eigenvalue weighted by molar-refractivity contribution is -0.169. The van der Waals surface area contributed by atoms with Gasteiger partial charge in [0.05, 0.1) is 53.8 Å². The van der Waals surface area contributed by atoms with E-state index >= 15 is 0 Å². The minimum atomic E-state index is -0.439. The van der Waals surface area contributed by atoms with Crippen LogP contribution in [0.15, 0.2) is 127 Å². The minimum Gasteiger partial charge on any atom is -0.491 e. The first kappa shape index (κ1) is 48.9. The first-order valence-electron chi connectivity index (χ1n) is 24.4. The van der Waals surface area contributed by atoms with Gasteiger partial charge in [-0.3, -0.25) is 19.2 Å². The van der Waals surface area contributed by atoms with Crippen molar-refractivity contribution in [1.29, 1.82) is 0 Å². The molecule has 2 fully saturated rings. The van der Waals surface area contributed by atoms with Crippen LogP contribution in [0.2, 0.25) is 0 Å². The van der Waals surface area contributed by atoms with E-state index in [1.807, 2.05) is 136 Å². The van der Waals surface area contributed by atoms with Crippen molar-refractivity contribution in [2.24, 2.45) is 11.8 Å². The zero-order valence-electron chi connectivity index (χ0n) is 39.9. The van der Waals surface area contributed by atoms with Crippen LogP contribution in [0.3, 0.4) is 0 Å². The quantitative estimate of drug-likeness (QED) is 0.0571. The molecule has 0 amide bonds. The zero-order chi connectivity index (χ0) is 48.8. The number of cyclic esters (lactones) is 4. The lowest BCUT2D eigenvalue weighted by Gasteiger charge is -2.21. The van der Waals surface area contributed by atoms with Crippen LogP contribution in [0.5, 0.6) is 40.2 Å². The fraction of sp³-hybridized carbons (Fsp3) is 0.333. The molecular formula is C57H59NO12. The molecule has 2 saturated heterocycles. The van der Waals surface area contributed by atoms with E-state index in [0.717, 1.165) is 58.5 Å². The number of allylic oxidation sites excluding steroid dienone is 1. The van der Waals surface area contributed by atoms with Crippen LogP contribution in [0.4, 0.5) is 0 Å². The Bertz CT molecular complexity index is 2780. The third kappa shape index (κ3) is 11.8. The summed E-state index contributed by atoms with van der Waals surface area (Å²) < 4.78 is 46.9. The van der Waals surface area contributed by atoms with Crippen molar-refractivity contribution < 1.29 is 57.1 Å². The van der Waals surface area contributed by atoms with Gasteiger partial charge in [-0.15, -0.1) is 0 Å². The van der Waals surface area contributed by atoms with Crippen LogP contribution in [0, 0.1) is 11.8 Å². The summed E-state index contributed by atoms with van der Waals surface area (Å²) >= 11 is 0. The van der Waals surface area contributed by atoms with Crippen molar-refractivity contribution in [1.82, 2.24) is 4.98 Å². The number of aryl methyl sites for hydroxylation is 1. The topological polar surface area (TPSA) is 158 Å². The average Bonchev–Trinajstić information content (AvgIpc) is 3.86. The van der Waals surface area contributed by atoms with E-state index in [1.165, 1.54) is 0 Å². The Balaban J connectivity index is 0.000000200. The maximum Gasteiger partial charge on any atom is 0.316 e. The molecule has 70 heavy (non-hydrogen) atoms. The van der Waals surface area contributed by atoms with E-state index in [4.69, 9.17) is 37.9 Å². The van der Waals surface area contributed by atoms with Crippen LogP contribution < -0.4 is 28.4 Å². The lowest BCUT2D eigenvalue weighted by atomic mass is 9.89. The fourth-order valence-electron chi connectivity index (χ4n) is 9.16. The van der Waals surface area contributed by atoms with Gasteiger partial charge in [-0.2, -0.15) is 0 Å². The van der Waals surface area contributed by atoms with E-state index in [9.17, 15) is 19.2 Å². The Morgan fingerprint density at radius 1 is 0.543 bits per heavy atom. The minimum absolute atomic E-state index is 0.135. The second-order valence-corrected chi connectivity index (χ2v) is 17.1. The van der Waals surface area contributed by atoms with E-state index in [-0.39, 0.29) is 24.2 Å². The molecule has 13 heteroatoms. The van der Waals surface area contributed by atoms with Gasteiger partial charge < -0.3 is 42.9 Å². The van der Waals surface area contributed by atoms with Gasteiger partial charge in [0.15, 0.2) is 28.8 Å². The molecule has 5 aromatic carbocycles. The maximum absolute atomic E-state index is 12.3. The summed E-state index contributed by atoms with van der Waals surface area (Å²) in [6, 6.07) is 38.8. The molecule has 2 aliphatic heterocycles. The predicted octanol–water partition coefficient (Wildman–Crippen LogP) is 12.2. The second kappa shape index (κ2) is 23.7. The molecule has 0 bridgehead atoms. The highest BCUT2D eigenvalue weighted by Crippen LogP contribution is 2.50. The number of fused-ring (bicyclic) bond motifs is 2. The summed E-state index contributed by atoms with van der Waals surface area (Å²) in [5, 5.41) is 0.886. The van der Waals surface area contributed by atoms with Gasteiger partial charge in [-0.1, -0.05) is 73.2 Å². The number of para-hydroxylation sites is 3. The molecule has 3 aliphatic rings. The SMILES string of the molecule is CCOc1ccc2[nH]c(CCCC3CCC(=O)OC3=O)c(OCC)c2c1OCC.O=C1CCC(CCCC2C(Oc3ccccc3)=C(Oc3ccccc3)c3c(Oc4ccccc4)cccc32)C(=O)O1. The highest BCUT2D eigenvalue weighted by Gasteiger charge is 2.38. The van der Waals surface area contributed by atoms with Gasteiger partial charge in [0.2, 0.25) is 0 Å². The molecule has 6 aromatic rings. The fourth-order valence-corrected chi connectivity index (χ4v) is 9.16.